The first-order valence-corrected chi connectivity index (χ1v) is 8.69. The summed E-state index contributed by atoms with van der Waals surface area (Å²) >= 11 is 6.11. The van der Waals surface area contributed by atoms with Crippen LogP contribution in [0.4, 0.5) is 10.1 Å². The van der Waals surface area contributed by atoms with Crippen LogP contribution in [0.15, 0.2) is 41.3 Å². The van der Waals surface area contributed by atoms with Crippen LogP contribution in [-0.4, -0.2) is 21.6 Å². The van der Waals surface area contributed by atoms with Gasteiger partial charge in [-0.15, -0.1) is 0 Å². The van der Waals surface area contributed by atoms with Crippen LogP contribution in [0.3, 0.4) is 0 Å². The highest BCUT2D eigenvalue weighted by Crippen LogP contribution is 2.38. The van der Waals surface area contributed by atoms with Crippen LogP contribution >= 0.6 is 11.6 Å². The number of ether oxygens (including phenoxy) is 2. The van der Waals surface area contributed by atoms with E-state index in [-0.39, 0.29) is 15.6 Å². The summed E-state index contributed by atoms with van der Waals surface area (Å²) in [6.45, 7) is 0.975. The number of hydrogen-bond donors (Lipinski definition) is 1. The van der Waals surface area contributed by atoms with Crippen molar-refractivity contribution < 1.29 is 22.3 Å². The van der Waals surface area contributed by atoms with Gasteiger partial charge in [-0.05, 0) is 24.3 Å². The van der Waals surface area contributed by atoms with E-state index in [1.54, 1.807) is 0 Å². The number of benzene rings is 2. The summed E-state index contributed by atoms with van der Waals surface area (Å²) in [5, 5.41) is 0.180. The first-order chi connectivity index (χ1) is 11.0. The zero-order valence-electron chi connectivity index (χ0n) is 11.9. The molecule has 0 aliphatic carbocycles. The molecule has 0 saturated heterocycles. The maximum absolute atomic E-state index is 12.9. The lowest BCUT2D eigenvalue weighted by atomic mass is 10.3. The van der Waals surface area contributed by atoms with Crippen LogP contribution in [0, 0.1) is 5.82 Å². The molecule has 2 aromatic carbocycles. The molecule has 23 heavy (non-hydrogen) atoms. The molecule has 1 aliphatic heterocycles. The standard InChI is InChI=1S/C15H13ClFNO4S/c16-12-8-14-15(22-7-1-6-21-14)9-13(12)18-23(19,20)11-4-2-10(17)3-5-11/h2-5,8-9,18H,1,6-7H2. The SMILES string of the molecule is O=S(=O)(Nc1cc2c(cc1Cl)OCCCO2)c1ccc(F)cc1. The maximum Gasteiger partial charge on any atom is 0.261 e. The monoisotopic (exact) mass is 357 g/mol. The number of halogens is 2. The van der Waals surface area contributed by atoms with E-state index in [0.29, 0.717) is 24.7 Å². The van der Waals surface area contributed by atoms with Gasteiger partial charge in [-0.1, -0.05) is 11.6 Å². The molecule has 0 atom stereocenters. The molecule has 0 unspecified atom stereocenters. The van der Waals surface area contributed by atoms with Gasteiger partial charge in [0.2, 0.25) is 0 Å². The van der Waals surface area contributed by atoms with Gasteiger partial charge in [0.1, 0.15) is 5.82 Å². The summed E-state index contributed by atoms with van der Waals surface area (Å²) in [6.07, 6.45) is 0.725. The average Bonchev–Trinajstić information content (AvgIpc) is 2.73. The molecule has 122 valence electrons. The van der Waals surface area contributed by atoms with E-state index in [0.717, 1.165) is 18.6 Å². The van der Waals surface area contributed by atoms with Crippen molar-refractivity contribution in [2.24, 2.45) is 0 Å². The second kappa shape index (κ2) is 6.25. The van der Waals surface area contributed by atoms with Crippen molar-refractivity contribution in [2.75, 3.05) is 17.9 Å². The summed E-state index contributed by atoms with van der Waals surface area (Å²) in [7, 11) is -3.89. The molecule has 0 spiro atoms. The van der Waals surface area contributed by atoms with Gasteiger partial charge in [-0.2, -0.15) is 0 Å². The van der Waals surface area contributed by atoms with E-state index in [9.17, 15) is 12.8 Å². The zero-order chi connectivity index (χ0) is 16.4. The van der Waals surface area contributed by atoms with Gasteiger partial charge in [0, 0.05) is 18.6 Å². The molecule has 0 bridgehead atoms. The van der Waals surface area contributed by atoms with Gasteiger partial charge in [-0.25, -0.2) is 12.8 Å². The van der Waals surface area contributed by atoms with Crippen LogP contribution in [0.1, 0.15) is 6.42 Å². The second-order valence-electron chi connectivity index (χ2n) is 4.89. The Morgan fingerprint density at radius 1 is 1.04 bits per heavy atom. The molecule has 0 aromatic heterocycles. The smallest absolute Gasteiger partial charge is 0.261 e. The summed E-state index contributed by atoms with van der Waals surface area (Å²) in [5.41, 5.74) is 0.167. The molecule has 0 amide bonds. The summed E-state index contributed by atoms with van der Waals surface area (Å²) in [6, 6.07) is 7.48. The highest BCUT2D eigenvalue weighted by molar-refractivity contribution is 7.92. The van der Waals surface area contributed by atoms with Crippen molar-refractivity contribution in [3.05, 3.63) is 47.2 Å². The topological polar surface area (TPSA) is 64.6 Å². The molecule has 0 fully saturated rings. The minimum Gasteiger partial charge on any atom is -0.490 e. The fourth-order valence-corrected chi connectivity index (χ4v) is 3.41. The third-order valence-corrected chi connectivity index (χ3v) is 4.90. The van der Waals surface area contributed by atoms with Gasteiger partial charge in [0.15, 0.2) is 11.5 Å². The number of rotatable bonds is 3. The zero-order valence-corrected chi connectivity index (χ0v) is 13.5. The quantitative estimate of drug-likeness (QED) is 0.913. The Morgan fingerprint density at radius 3 is 2.30 bits per heavy atom. The Hall–Kier alpha value is -1.99. The predicted molar refractivity (Wildman–Crippen MR) is 84.3 cm³/mol. The molecular formula is C15H13ClFNO4S. The molecule has 0 radical (unpaired) electrons. The lowest BCUT2D eigenvalue weighted by molar-refractivity contribution is 0.297. The fourth-order valence-electron chi connectivity index (χ4n) is 2.08. The van der Waals surface area contributed by atoms with Gasteiger partial charge >= 0.3 is 0 Å². The van der Waals surface area contributed by atoms with Crippen LogP contribution in [0.2, 0.25) is 5.02 Å². The third kappa shape index (κ3) is 3.51. The number of hydrogen-bond acceptors (Lipinski definition) is 4. The maximum atomic E-state index is 12.9. The highest BCUT2D eigenvalue weighted by atomic mass is 35.5. The van der Waals surface area contributed by atoms with Gasteiger partial charge in [0.25, 0.3) is 10.0 Å². The Bertz CT molecular complexity index is 824. The van der Waals surface area contributed by atoms with Crippen LogP contribution < -0.4 is 14.2 Å². The normalized spacial score (nSPS) is 14.2. The Balaban J connectivity index is 1.93. The van der Waals surface area contributed by atoms with E-state index in [1.807, 2.05) is 0 Å². The second-order valence-corrected chi connectivity index (χ2v) is 6.98. The van der Waals surface area contributed by atoms with Crippen LogP contribution in [0.25, 0.3) is 0 Å². The predicted octanol–water partition coefficient (Wildman–Crippen LogP) is 3.44. The van der Waals surface area contributed by atoms with Gasteiger partial charge < -0.3 is 9.47 Å². The third-order valence-electron chi connectivity index (χ3n) is 3.21. The molecule has 1 N–H and O–H groups in total. The van der Waals surface area contributed by atoms with E-state index >= 15 is 0 Å². The molecular weight excluding hydrogens is 345 g/mol. The van der Waals surface area contributed by atoms with Crippen molar-refractivity contribution in [1.82, 2.24) is 0 Å². The van der Waals surface area contributed by atoms with Crippen molar-refractivity contribution in [1.29, 1.82) is 0 Å². The van der Waals surface area contributed by atoms with E-state index in [1.165, 1.54) is 24.3 Å². The molecule has 0 saturated carbocycles. The van der Waals surface area contributed by atoms with Crippen LogP contribution in [-0.2, 0) is 10.0 Å². The van der Waals surface area contributed by atoms with E-state index in [4.69, 9.17) is 21.1 Å². The van der Waals surface area contributed by atoms with Crippen molar-refractivity contribution >= 4 is 27.3 Å². The summed E-state index contributed by atoms with van der Waals surface area (Å²) in [5.74, 6) is 0.374. The molecule has 1 aliphatic rings. The van der Waals surface area contributed by atoms with E-state index in [2.05, 4.69) is 4.72 Å². The Morgan fingerprint density at radius 2 is 1.65 bits per heavy atom. The van der Waals surface area contributed by atoms with Crippen molar-refractivity contribution in [2.45, 2.75) is 11.3 Å². The minimum atomic E-state index is -3.89. The van der Waals surface area contributed by atoms with E-state index < -0.39 is 15.8 Å². The Labute approximate surface area is 138 Å². The van der Waals surface area contributed by atoms with Crippen molar-refractivity contribution in [3.8, 4) is 11.5 Å². The van der Waals surface area contributed by atoms with Crippen LogP contribution in [0.5, 0.6) is 11.5 Å². The van der Waals surface area contributed by atoms with Crippen molar-refractivity contribution in [3.63, 3.8) is 0 Å². The first-order valence-electron chi connectivity index (χ1n) is 6.83. The Kier molecular flexibility index (Phi) is 4.32. The fraction of sp³-hybridized carbons (Fsp3) is 0.200. The van der Waals surface area contributed by atoms with Gasteiger partial charge in [-0.3, -0.25) is 4.72 Å². The molecule has 3 rings (SSSR count). The molecule has 2 aromatic rings. The number of sulfonamides is 1. The lowest BCUT2D eigenvalue weighted by Gasteiger charge is -2.13. The highest BCUT2D eigenvalue weighted by Gasteiger charge is 2.19. The summed E-state index contributed by atoms with van der Waals surface area (Å²) in [4.78, 5) is -0.0675. The summed E-state index contributed by atoms with van der Waals surface area (Å²) < 4.78 is 51.0. The largest absolute Gasteiger partial charge is 0.490 e. The molecule has 1 heterocycles. The first kappa shape index (κ1) is 15.9. The molecule has 8 heteroatoms. The number of fused-ring (bicyclic) bond motifs is 1. The number of anilines is 1. The molecule has 5 nitrogen and oxygen atoms in total. The van der Waals surface area contributed by atoms with Gasteiger partial charge in [0.05, 0.1) is 28.8 Å². The lowest BCUT2D eigenvalue weighted by Crippen LogP contribution is -2.13. The number of nitrogens with one attached hydrogen (secondary N) is 1. The average molecular weight is 358 g/mol. The minimum absolute atomic E-state index is 0.0675.